The van der Waals surface area contributed by atoms with E-state index in [9.17, 15) is 0 Å². The van der Waals surface area contributed by atoms with Crippen LogP contribution in [0.1, 0.15) is 39.5 Å². The summed E-state index contributed by atoms with van der Waals surface area (Å²) >= 11 is 0. The van der Waals surface area contributed by atoms with Gasteiger partial charge in [0.2, 0.25) is 0 Å². The zero-order chi connectivity index (χ0) is 6.41. The van der Waals surface area contributed by atoms with Crippen LogP contribution < -0.4 is 29.6 Å². The molecule has 0 aliphatic rings. The Morgan fingerprint density at radius 1 is 1.33 bits per heavy atom. The van der Waals surface area contributed by atoms with Crippen molar-refractivity contribution < 1.29 is 29.6 Å². The largest absolute Gasteiger partial charge is 1.00 e. The molecule has 0 radical (unpaired) electrons. The summed E-state index contributed by atoms with van der Waals surface area (Å²) in [4.78, 5) is 0. The van der Waals surface area contributed by atoms with E-state index >= 15 is 0 Å². The molecular formula is C8H16Na+. The molecule has 0 heterocycles. The quantitative estimate of drug-likeness (QED) is 0.380. The van der Waals surface area contributed by atoms with Crippen molar-refractivity contribution in [3.63, 3.8) is 0 Å². The molecule has 0 spiro atoms. The minimum atomic E-state index is 0. The van der Waals surface area contributed by atoms with Crippen LogP contribution in [-0.2, 0) is 0 Å². The summed E-state index contributed by atoms with van der Waals surface area (Å²) in [5, 5.41) is 0. The number of allylic oxidation sites excluding steroid dienone is 1. The molecule has 9 heavy (non-hydrogen) atoms. The summed E-state index contributed by atoms with van der Waals surface area (Å²) in [7, 11) is 0. The van der Waals surface area contributed by atoms with Crippen LogP contribution in [0.3, 0.4) is 0 Å². The summed E-state index contributed by atoms with van der Waals surface area (Å²) in [6.45, 7) is 8.29. The maximum absolute atomic E-state index is 3.91. The molecule has 0 aliphatic carbocycles. The van der Waals surface area contributed by atoms with E-state index in [2.05, 4.69) is 20.4 Å². The second-order valence-electron chi connectivity index (χ2n) is 2.21. The first-order chi connectivity index (χ1) is 3.81. The van der Waals surface area contributed by atoms with Crippen LogP contribution in [0.25, 0.3) is 0 Å². The van der Waals surface area contributed by atoms with Gasteiger partial charge in [0.1, 0.15) is 0 Å². The first-order valence-electron chi connectivity index (χ1n) is 3.47. The molecule has 0 saturated heterocycles. The van der Waals surface area contributed by atoms with Gasteiger partial charge in [-0.25, -0.2) is 0 Å². The van der Waals surface area contributed by atoms with Crippen molar-refractivity contribution in [2.75, 3.05) is 0 Å². The SMILES string of the molecule is C=C(CC)CCCC.[Na+]. The van der Waals surface area contributed by atoms with E-state index in [1.54, 1.807) is 0 Å². The smallest absolute Gasteiger partial charge is 0.0999 e. The summed E-state index contributed by atoms with van der Waals surface area (Å²) in [5.41, 5.74) is 1.40. The van der Waals surface area contributed by atoms with Crippen molar-refractivity contribution in [3.05, 3.63) is 12.2 Å². The van der Waals surface area contributed by atoms with Gasteiger partial charge in [-0.15, -0.1) is 0 Å². The maximum Gasteiger partial charge on any atom is 1.00 e. The molecule has 0 atom stereocenters. The third-order valence-corrected chi connectivity index (χ3v) is 1.38. The molecule has 0 aromatic heterocycles. The topological polar surface area (TPSA) is 0 Å². The Hall–Kier alpha value is 0.740. The summed E-state index contributed by atoms with van der Waals surface area (Å²) in [6, 6.07) is 0. The van der Waals surface area contributed by atoms with Crippen molar-refractivity contribution in [3.8, 4) is 0 Å². The van der Waals surface area contributed by atoms with Crippen LogP contribution in [-0.4, -0.2) is 0 Å². The fourth-order valence-corrected chi connectivity index (χ4v) is 0.604. The molecule has 1 heteroatoms. The summed E-state index contributed by atoms with van der Waals surface area (Å²) in [6.07, 6.45) is 4.98. The molecule has 0 nitrogen and oxygen atoms in total. The predicted octanol–water partition coefficient (Wildman–Crippen LogP) is 0.147. The van der Waals surface area contributed by atoms with E-state index in [0.29, 0.717) is 0 Å². The van der Waals surface area contributed by atoms with Gasteiger partial charge in [-0.2, -0.15) is 0 Å². The Morgan fingerprint density at radius 2 is 1.89 bits per heavy atom. The van der Waals surface area contributed by atoms with E-state index in [4.69, 9.17) is 0 Å². The Labute approximate surface area is 81.0 Å². The first kappa shape index (κ1) is 12.4. The zero-order valence-corrected chi connectivity index (χ0v) is 9.04. The molecule has 0 fully saturated rings. The van der Waals surface area contributed by atoms with Gasteiger partial charge in [-0.1, -0.05) is 32.4 Å². The first-order valence-corrected chi connectivity index (χ1v) is 3.47. The molecule has 0 saturated carbocycles. The number of hydrogen-bond donors (Lipinski definition) is 0. The van der Waals surface area contributed by atoms with Crippen molar-refractivity contribution in [2.24, 2.45) is 0 Å². The molecule has 0 bridgehead atoms. The Bertz CT molecular complexity index is 67.0. The molecule has 0 aromatic rings. The Balaban J connectivity index is 0. The zero-order valence-electron chi connectivity index (χ0n) is 7.04. The molecule has 0 amide bonds. The number of rotatable bonds is 4. The van der Waals surface area contributed by atoms with Gasteiger partial charge in [-0.3, -0.25) is 0 Å². The number of hydrogen-bond acceptors (Lipinski definition) is 0. The van der Waals surface area contributed by atoms with Gasteiger partial charge in [-0.05, 0) is 19.3 Å². The molecule has 0 rings (SSSR count). The summed E-state index contributed by atoms with van der Waals surface area (Å²) in [5.74, 6) is 0. The van der Waals surface area contributed by atoms with E-state index in [1.165, 1.54) is 24.8 Å². The Kier molecular flexibility index (Phi) is 12.1. The standard InChI is InChI=1S/C8H16.Na/c1-4-6-7-8(3)5-2;/h3-7H2,1-2H3;/q;+1. The van der Waals surface area contributed by atoms with Crippen LogP contribution in [0.4, 0.5) is 0 Å². The molecule has 0 unspecified atom stereocenters. The van der Waals surface area contributed by atoms with E-state index in [0.717, 1.165) is 6.42 Å². The van der Waals surface area contributed by atoms with E-state index < -0.39 is 0 Å². The van der Waals surface area contributed by atoms with E-state index in [1.807, 2.05) is 0 Å². The minimum Gasteiger partial charge on any atom is -0.0999 e. The molecule has 0 aliphatic heterocycles. The van der Waals surface area contributed by atoms with Crippen LogP contribution in [0.15, 0.2) is 12.2 Å². The van der Waals surface area contributed by atoms with Crippen molar-refractivity contribution in [1.29, 1.82) is 0 Å². The average molecular weight is 135 g/mol. The van der Waals surface area contributed by atoms with Crippen LogP contribution in [0.5, 0.6) is 0 Å². The normalized spacial score (nSPS) is 8.22. The van der Waals surface area contributed by atoms with Gasteiger partial charge < -0.3 is 0 Å². The average Bonchev–Trinajstić information content (AvgIpc) is 1.83. The van der Waals surface area contributed by atoms with Gasteiger partial charge in [0.25, 0.3) is 0 Å². The van der Waals surface area contributed by atoms with Gasteiger partial charge >= 0.3 is 29.6 Å². The van der Waals surface area contributed by atoms with Gasteiger partial charge in [0, 0.05) is 0 Å². The molecular weight excluding hydrogens is 119 g/mol. The summed E-state index contributed by atoms with van der Waals surface area (Å²) < 4.78 is 0. The fourth-order valence-electron chi connectivity index (χ4n) is 0.604. The maximum atomic E-state index is 3.91. The van der Waals surface area contributed by atoms with Crippen LogP contribution in [0, 0.1) is 0 Å². The molecule has 0 N–H and O–H groups in total. The van der Waals surface area contributed by atoms with Crippen molar-refractivity contribution in [1.82, 2.24) is 0 Å². The fraction of sp³-hybridized carbons (Fsp3) is 0.750. The number of unbranched alkanes of at least 4 members (excludes halogenated alkanes) is 1. The third kappa shape index (κ3) is 8.74. The molecule has 48 valence electrons. The Morgan fingerprint density at radius 3 is 2.22 bits per heavy atom. The minimum absolute atomic E-state index is 0. The van der Waals surface area contributed by atoms with Crippen LogP contribution >= 0.6 is 0 Å². The third-order valence-electron chi connectivity index (χ3n) is 1.38. The predicted molar refractivity (Wildman–Crippen MR) is 39.0 cm³/mol. The van der Waals surface area contributed by atoms with E-state index in [-0.39, 0.29) is 29.6 Å². The van der Waals surface area contributed by atoms with Crippen LogP contribution in [0.2, 0.25) is 0 Å². The molecule has 0 aromatic carbocycles. The van der Waals surface area contributed by atoms with Gasteiger partial charge in [0.15, 0.2) is 0 Å². The second kappa shape index (κ2) is 8.74. The van der Waals surface area contributed by atoms with Gasteiger partial charge in [0.05, 0.1) is 0 Å². The van der Waals surface area contributed by atoms with Crippen molar-refractivity contribution >= 4 is 0 Å². The second-order valence-corrected chi connectivity index (χ2v) is 2.21. The monoisotopic (exact) mass is 135 g/mol. The van der Waals surface area contributed by atoms with Crippen molar-refractivity contribution in [2.45, 2.75) is 39.5 Å².